The molecular formula is C24H23ClN2O3S. The van der Waals surface area contributed by atoms with Gasteiger partial charge in [-0.1, -0.05) is 53.6 Å². The van der Waals surface area contributed by atoms with Crippen molar-refractivity contribution in [2.24, 2.45) is 0 Å². The van der Waals surface area contributed by atoms with Crippen molar-refractivity contribution in [3.8, 4) is 0 Å². The lowest BCUT2D eigenvalue weighted by Crippen LogP contribution is -2.43. The Morgan fingerprint density at radius 3 is 2.45 bits per heavy atom. The number of carbonyl (C=O) groups is 1. The van der Waals surface area contributed by atoms with Gasteiger partial charge in [-0.3, -0.25) is 9.10 Å². The van der Waals surface area contributed by atoms with Crippen molar-refractivity contribution in [1.82, 2.24) is 0 Å². The first kappa shape index (κ1) is 21.4. The van der Waals surface area contributed by atoms with Gasteiger partial charge in [0.05, 0.1) is 10.6 Å². The lowest BCUT2D eigenvalue weighted by atomic mass is 10.2. The van der Waals surface area contributed by atoms with Gasteiger partial charge in [0, 0.05) is 17.3 Å². The number of halogens is 1. The normalized spacial score (nSPS) is 13.2. The van der Waals surface area contributed by atoms with Gasteiger partial charge in [0.1, 0.15) is 6.54 Å². The SMILES string of the molecule is Cc1ccc(S(=O)(=O)N(CC(=O)N2CCc3ccccc32)c2cccc(Cl)c2C)cc1. The summed E-state index contributed by atoms with van der Waals surface area (Å²) < 4.78 is 28.4. The highest BCUT2D eigenvalue weighted by molar-refractivity contribution is 7.92. The Balaban J connectivity index is 1.75. The van der Waals surface area contributed by atoms with Gasteiger partial charge in [-0.25, -0.2) is 8.42 Å². The Kier molecular flexibility index (Phi) is 5.77. The highest BCUT2D eigenvalue weighted by Crippen LogP contribution is 2.32. The standard InChI is InChI=1S/C24H23ClN2O3S/c1-17-10-12-20(13-11-17)31(29,30)27(22-9-5-7-21(25)18(22)2)16-24(28)26-15-14-19-6-3-4-8-23(19)26/h3-13H,14-16H2,1-2H3. The van der Waals surface area contributed by atoms with Crippen LogP contribution in [0.1, 0.15) is 16.7 Å². The van der Waals surface area contributed by atoms with Crippen molar-refractivity contribution < 1.29 is 13.2 Å². The fraction of sp³-hybridized carbons (Fsp3) is 0.208. The molecule has 0 spiro atoms. The minimum Gasteiger partial charge on any atom is -0.310 e. The number of hydrogen-bond donors (Lipinski definition) is 0. The molecule has 3 aromatic carbocycles. The van der Waals surface area contributed by atoms with Crippen LogP contribution in [0.4, 0.5) is 11.4 Å². The maximum atomic E-state index is 13.6. The molecule has 0 atom stereocenters. The van der Waals surface area contributed by atoms with Crippen molar-refractivity contribution in [1.29, 1.82) is 0 Å². The summed E-state index contributed by atoms with van der Waals surface area (Å²) in [5.74, 6) is -0.278. The molecular weight excluding hydrogens is 432 g/mol. The van der Waals surface area contributed by atoms with Crippen LogP contribution in [-0.4, -0.2) is 27.4 Å². The van der Waals surface area contributed by atoms with Crippen LogP contribution in [0.25, 0.3) is 0 Å². The number of fused-ring (bicyclic) bond motifs is 1. The van der Waals surface area contributed by atoms with E-state index >= 15 is 0 Å². The number of hydrogen-bond acceptors (Lipinski definition) is 3. The molecule has 1 heterocycles. The van der Waals surface area contributed by atoms with Crippen LogP contribution in [0.2, 0.25) is 5.02 Å². The van der Waals surface area contributed by atoms with E-state index in [9.17, 15) is 13.2 Å². The number of aryl methyl sites for hydroxylation is 1. The highest BCUT2D eigenvalue weighted by Gasteiger charge is 2.32. The number of amides is 1. The van der Waals surface area contributed by atoms with Crippen LogP contribution >= 0.6 is 11.6 Å². The van der Waals surface area contributed by atoms with E-state index in [0.717, 1.165) is 23.2 Å². The summed E-state index contributed by atoms with van der Waals surface area (Å²) in [6.45, 7) is 3.87. The first-order valence-corrected chi connectivity index (χ1v) is 11.8. The Bertz CT molecular complexity index is 1240. The molecule has 0 N–H and O–H groups in total. The second-order valence-electron chi connectivity index (χ2n) is 7.63. The average Bonchev–Trinajstić information content (AvgIpc) is 3.19. The summed E-state index contributed by atoms with van der Waals surface area (Å²) in [4.78, 5) is 15.1. The van der Waals surface area contributed by atoms with E-state index in [1.54, 1.807) is 54.3 Å². The first-order valence-electron chi connectivity index (χ1n) is 10.0. The molecule has 0 saturated heterocycles. The minimum atomic E-state index is -3.98. The van der Waals surface area contributed by atoms with Gasteiger partial charge in [-0.15, -0.1) is 0 Å². The summed E-state index contributed by atoms with van der Waals surface area (Å²) in [5, 5.41) is 0.445. The maximum absolute atomic E-state index is 13.6. The summed E-state index contributed by atoms with van der Waals surface area (Å²) in [6.07, 6.45) is 0.753. The zero-order valence-corrected chi connectivity index (χ0v) is 18.9. The average molecular weight is 455 g/mol. The van der Waals surface area contributed by atoms with Gasteiger partial charge in [-0.05, 0) is 61.7 Å². The molecule has 1 amide bonds. The Morgan fingerprint density at radius 2 is 1.71 bits per heavy atom. The van der Waals surface area contributed by atoms with Crippen LogP contribution in [0.5, 0.6) is 0 Å². The van der Waals surface area contributed by atoms with E-state index in [0.29, 0.717) is 22.8 Å². The van der Waals surface area contributed by atoms with E-state index in [1.807, 2.05) is 31.2 Å². The van der Waals surface area contributed by atoms with Gasteiger partial charge in [-0.2, -0.15) is 0 Å². The molecule has 31 heavy (non-hydrogen) atoms. The number of rotatable bonds is 5. The molecule has 0 radical (unpaired) electrons. The quantitative estimate of drug-likeness (QED) is 0.559. The molecule has 3 aromatic rings. The first-order chi connectivity index (χ1) is 14.8. The van der Waals surface area contributed by atoms with Crippen LogP contribution in [0.15, 0.2) is 71.6 Å². The van der Waals surface area contributed by atoms with Crippen molar-refractivity contribution in [3.05, 3.63) is 88.4 Å². The van der Waals surface area contributed by atoms with Crippen molar-refractivity contribution >= 4 is 38.9 Å². The summed E-state index contributed by atoms with van der Waals surface area (Å²) >= 11 is 6.29. The predicted molar refractivity (Wildman–Crippen MR) is 124 cm³/mol. The second kappa shape index (κ2) is 8.36. The molecule has 0 saturated carbocycles. The third kappa shape index (κ3) is 4.05. The largest absolute Gasteiger partial charge is 0.310 e. The molecule has 1 aliphatic rings. The third-order valence-electron chi connectivity index (χ3n) is 5.58. The zero-order chi connectivity index (χ0) is 22.2. The van der Waals surface area contributed by atoms with Crippen LogP contribution < -0.4 is 9.21 Å². The zero-order valence-electron chi connectivity index (χ0n) is 17.4. The minimum absolute atomic E-state index is 0.132. The van der Waals surface area contributed by atoms with E-state index in [2.05, 4.69) is 0 Å². The number of nitrogens with zero attached hydrogens (tertiary/aromatic N) is 2. The Hall–Kier alpha value is -2.83. The number of anilines is 2. The van der Waals surface area contributed by atoms with Crippen LogP contribution in [0, 0.1) is 13.8 Å². The van der Waals surface area contributed by atoms with Gasteiger partial charge < -0.3 is 4.90 Å². The number of benzene rings is 3. The van der Waals surface area contributed by atoms with Gasteiger partial charge in [0.15, 0.2) is 0 Å². The summed E-state index contributed by atoms with van der Waals surface area (Å²) in [7, 11) is -3.98. The molecule has 0 aromatic heterocycles. The van der Waals surface area contributed by atoms with Gasteiger partial charge in [0.25, 0.3) is 10.0 Å². The lowest BCUT2D eigenvalue weighted by Gasteiger charge is -2.28. The van der Waals surface area contributed by atoms with Crippen LogP contribution in [0.3, 0.4) is 0 Å². The molecule has 4 rings (SSSR count). The van der Waals surface area contributed by atoms with E-state index in [4.69, 9.17) is 11.6 Å². The topological polar surface area (TPSA) is 57.7 Å². The Labute approximate surface area is 187 Å². The molecule has 0 fully saturated rings. The maximum Gasteiger partial charge on any atom is 0.264 e. The third-order valence-corrected chi connectivity index (χ3v) is 7.77. The van der Waals surface area contributed by atoms with Crippen molar-refractivity contribution in [2.45, 2.75) is 25.2 Å². The smallest absolute Gasteiger partial charge is 0.264 e. The van der Waals surface area contributed by atoms with E-state index in [1.165, 1.54) is 4.31 Å². The number of carbonyl (C=O) groups excluding carboxylic acids is 1. The summed E-state index contributed by atoms with van der Waals surface area (Å²) in [5.41, 5.74) is 3.88. The molecule has 0 bridgehead atoms. The Morgan fingerprint density at radius 1 is 1.00 bits per heavy atom. The van der Waals surface area contributed by atoms with Gasteiger partial charge in [0.2, 0.25) is 5.91 Å². The molecule has 7 heteroatoms. The van der Waals surface area contributed by atoms with Crippen molar-refractivity contribution in [2.75, 3.05) is 22.3 Å². The molecule has 1 aliphatic heterocycles. The monoisotopic (exact) mass is 454 g/mol. The summed E-state index contributed by atoms with van der Waals surface area (Å²) in [6, 6.07) is 19.4. The second-order valence-corrected chi connectivity index (χ2v) is 9.90. The van der Waals surface area contributed by atoms with Crippen LogP contribution in [-0.2, 0) is 21.2 Å². The fourth-order valence-corrected chi connectivity index (χ4v) is 5.45. The number of para-hydroxylation sites is 1. The number of sulfonamides is 1. The molecule has 0 unspecified atom stereocenters. The van der Waals surface area contributed by atoms with Crippen molar-refractivity contribution in [3.63, 3.8) is 0 Å². The van der Waals surface area contributed by atoms with Gasteiger partial charge >= 0.3 is 0 Å². The van der Waals surface area contributed by atoms with E-state index in [-0.39, 0.29) is 17.3 Å². The highest BCUT2D eigenvalue weighted by atomic mass is 35.5. The molecule has 0 aliphatic carbocycles. The van der Waals surface area contributed by atoms with E-state index < -0.39 is 10.0 Å². The molecule has 160 valence electrons. The predicted octanol–water partition coefficient (Wildman–Crippen LogP) is 4.74. The molecule has 5 nitrogen and oxygen atoms in total. The fourth-order valence-electron chi connectivity index (χ4n) is 3.81. The lowest BCUT2D eigenvalue weighted by molar-refractivity contribution is -0.117.